The quantitative estimate of drug-likeness (QED) is 0.0254. The van der Waals surface area contributed by atoms with Gasteiger partial charge in [0, 0.05) is 40.9 Å². The lowest BCUT2D eigenvalue weighted by molar-refractivity contribution is -0.199. The molecule has 0 saturated carbocycles. The van der Waals surface area contributed by atoms with Gasteiger partial charge in [0.2, 0.25) is 35.9 Å². The van der Waals surface area contributed by atoms with E-state index in [4.69, 9.17) is 63.9 Å². The average molecular weight is 1130 g/mol. The van der Waals surface area contributed by atoms with E-state index in [9.17, 15) is 44.7 Å². The molecule has 6 aromatic carbocycles. The highest BCUT2D eigenvalue weighted by Gasteiger charge is 2.44. The number of aromatic nitrogens is 4. The molecule has 4 atom stereocenters. The predicted octanol–water partition coefficient (Wildman–Crippen LogP) is 11.0. The third-order valence-corrected chi connectivity index (χ3v) is 11.3. The van der Waals surface area contributed by atoms with Gasteiger partial charge >= 0.3 is 32.0 Å². The Morgan fingerprint density at radius 1 is 0.525 bits per heavy atom. The molecule has 26 heteroatoms. The maximum atomic E-state index is 14.0. The van der Waals surface area contributed by atoms with Crippen molar-refractivity contribution in [1.29, 1.82) is 0 Å². The Kier molecular flexibility index (Phi) is 20.4. The molecule has 11 N–H and O–H groups in total. The van der Waals surface area contributed by atoms with Crippen LogP contribution in [0.1, 0.15) is 59.4 Å². The van der Waals surface area contributed by atoms with Crippen molar-refractivity contribution in [3.63, 3.8) is 0 Å². The minimum atomic E-state index is -4.79. The molecule has 0 aliphatic rings. The lowest BCUT2D eigenvalue weighted by Crippen LogP contribution is -2.26. The van der Waals surface area contributed by atoms with E-state index in [-0.39, 0.29) is 46.7 Å². The maximum Gasteiger partial charge on any atom is 0.569 e. The number of alkyl halides is 6. The number of aliphatic carboxylic acids is 2. The van der Waals surface area contributed by atoms with E-state index in [1.807, 2.05) is 0 Å². The van der Waals surface area contributed by atoms with E-state index in [0.29, 0.717) is 52.4 Å². The van der Waals surface area contributed by atoms with Gasteiger partial charge in [0.15, 0.2) is 0 Å². The van der Waals surface area contributed by atoms with Crippen molar-refractivity contribution >= 4 is 43.1 Å². The zero-order valence-electron chi connectivity index (χ0n) is 41.2. The van der Waals surface area contributed by atoms with Crippen LogP contribution in [0.2, 0.25) is 5.15 Å². The molecular formula is C54H45BClF8N8O8. The van der Waals surface area contributed by atoms with Crippen LogP contribution >= 0.6 is 11.6 Å². The molecule has 0 spiro atoms. The van der Waals surface area contributed by atoms with Crippen molar-refractivity contribution in [2.75, 3.05) is 11.5 Å². The number of carbonyl (C=O) groups is 2. The fourth-order valence-electron chi connectivity index (χ4n) is 7.42. The first-order valence-electron chi connectivity index (χ1n) is 23.3. The topological polar surface area (TPSA) is 278 Å². The first kappa shape index (κ1) is 60.3. The van der Waals surface area contributed by atoms with Crippen LogP contribution in [0.3, 0.4) is 0 Å². The number of ether oxygens (including phenoxy) is 2. The van der Waals surface area contributed by atoms with Gasteiger partial charge in [0.1, 0.15) is 16.8 Å². The second-order valence-corrected chi connectivity index (χ2v) is 17.4. The molecular weight excluding hydrogens is 1090 g/mol. The second kappa shape index (κ2) is 27.1. The number of halogens is 9. The van der Waals surface area contributed by atoms with Crippen LogP contribution in [0.25, 0.3) is 33.5 Å². The Labute approximate surface area is 455 Å². The summed E-state index contributed by atoms with van der Waals surface area (Å²) in [5.41, 5.74) is 26.4. The summed E-state index contributed by atoms with van der Waals surface area (Å²) in [7, 11) is 0.576. The normalized spacial score (nSPS) is 12.7. The third-order valence-electron chi connectivity index (χ3n) is 11.1. The smallest absolute Gasteiger partial charge is 0.537 e. The van der Waals surface area contributed by atoms with E-state index in [1.54, 1.807) is 60.7 Å². The summed E-state index contributed by atoms with van der Waals surface area (Å²) in [6, 6.07) is 36.2. The number of hydrogen-bond acceptors (Lipinski definition) is 14. The zero-order valence-corrected chi connectivity index (χ0v) is 42.0. The van der Waals surface area contributed by atoms with Gasteiger partial charge in [-0.2, -0.15) is 36.3 Å². The summed E-state index contributed by atoms with van der Waals surface area (Å²) in [5.74, 6) is -3.82. The van der Waals surface area contributed by atoms with Crippen LogP contribution in [0.4, 0.5) is 47.0 Å². The summed E-state index contributed by atoms with van der Waals surface area (Å²) < 4.78 is 124. The number of nitrogens with two attached hydrogens (primary N) is 4. The minimum Gasteiger partial charge on any atom is -0.537 e. The van der Waals surface area contributed by atoms with E-state index in [1.165, 1.54) is 91.0 Å². The highest BCUT2D eigenvalue weighted by Crippen LogP contribution is 2.40. The summed E-state index contributed by atoms with van der Waals surface area (Å²) in [4.78, 5) is 36.3. The standard InChI is InChI=1S/C27H22F4N4O3.C18H12ClF4N3O.C9H11BNO4/c28-20-3-1-2-19(12-20)15-4-10-18(11-5-15)25(27(29,30)31)38-23-14-22(34-26(33)35-23)17-8-6-16(7-9-17)21(32)13-24(36)37;19-14-9-15(26-17(24)25-14)27-16(18(21,22)23)11-6-4-10(5-7-11)12-2-1-3-13(20)8-12;11-8(5-9(12)13)6-1-3-7(4-2-6)15-10-14/h1-12,14,21,25H,13,32H2,(H,36,37)(H2,33,34,35);1-9,16H,(H2,24,25,26);1-4,8,14H,5,11H2,(H,12,13). The summed E-state index contributed by atoms with van der Waals surface area (Å²) in [5, 5.41) is 25.7. The van der Waals surface area contributed by atoms with Crippen LogP contribution in [-0.4, -0.2) is 67.1 Å². The molecule has 16 nitrogen and oxygen atoms in total. The Hall–Kier alpha value is -8.91. The summed E-state index contributed by atoms with van der Waals surface area (Å²) in [6.45, 7) is 0. The lowest BCUT2D eigenvalue weighted by Gasteiger charge is -2.22. The molecule has 8 aromatic rings. The molecule has 0 fully saturated rings. The van der Waals surface area contributed by atoms with E-state index < -0.39 is 72.0 Å². The lowest BCUT2D eigenvalue weighted by atomic mass is 10.0. The van der Waals surface area contributed by atoms with Crippen LogP contribution in [-0.2, 0) is 9.59 Å². The Morgan fingerprint density at radius 2 is 0.912 bits per heavy atom. The molecule has 415 valence electrons. The molecule has 0 saturated heterocycles. The van der Waals surface area contributed by atoms with Crippen molar-refractivity contribution in [2.45, 2.75) is 49.5 Å². The van der Waals surface area contributed by atoms with Gasteiger partial charge in [-0.05, 0) is 69.8 Å². The summed E-state index contributed by atoms with van der Waals surface area (Å²) in [6.07, 6.45) is -14.5. The first-order valence-corrected chi connectivity index (χ1v) is 23.6. The van der Waals surface area contributed by atoms with E-state index in [2.05, 4.69) is 19.9 Å². The van der Waals surface area contributed by atoms with E-state index in [0.717, 1.165) is 6.07 Å². The van der Waals surface area contributed by atoms with Crippen molar-refractivity contribution in [3.05, 3.63) is 197 Å². The maximum absolute atomic E-state index is 14.0. The minimum absolute atomic E-state index is 0.119. The molecule has 0 aliphatic heterocycles. The number of benzene rings is 6. The Morgan fingerprint density at radius 3 is 1.30 bits per heavy atom. The first-order chi connectivity index (χ1) is 37.8. The molecule has 0 amide bonds. The number of carboxylic acid groups (broad SMARTS) is 2. The van der Waals surface area contributed by atoms with Crippen LogP contribution in [0, 0.1) is 11.6 Å². The Balaban J connectivity index is 0.000000213. The number of nitrogen functional groups attached to an aromatic ring is 2. The van der Waals surface area contributed by atoms with Gasteiger partial charge < -0.3 is 52.3 Å². The molecule has 4 unspecified atom stereocenters. The monoisotopic (exact) mass is 1130 g/mol. The number of carboxylic acids is 2. The van der Waals surface area contributed by atoms with Crippen LogP contribution in [0.15, 0.2) is 158 Å². The molecule has 8 rings (SSSR count). The molecule has 2 heterocycles. The predicted molar refractivity (Wildman–Crippen MR) is 279 cm³/mol. The highest BCUT2D eigenvalue weighted by molar-refractivity contribution is 6.29. The van der Waals surface area contributed by atoms with Crippen molar-refractivity contribution in [2.24, 2.45) is 11.5 Å². The molecule has 1 radical (unpaired) electrons. The van der Waals surface area contributed by atoms with Gasteiger partial charge in [-0.1, -0.05) is 121 Å². The third kappa shape index (κ3) is 17.8. The van der Waals surface area contributed by atoms with Crippen molar-refractivity contribution in [1.82, 2.24) is 19.9 Å². The number of anilines is 2. The molecule has 0 aliphatic carbocycles. The average Bonchev–Trinajstić information content (AvgIpc) is 3.45. The molecule has 2 aromatic heterocycles. The second-order valence-electron chi connectivity index (χ2n) is 17.0. The van der Waals surface area contributed by atoms with Gasteiger partial charge in [-0.3, -0.25) is 9.59 Å². The van der Waals surface area contributed by atoms with Gasteiger partial charge in [-0.15, -0.1) is 0 Å². The zero-order chi connectivity index (χ0) is 58.3. The van der Waals surface area contributed by atoms with Gasteiger partial charge in [0.05, 0.1) is 24.3 Å². The number of nitrogens with zero attached hydrogens (tertiary/aromatic N) is 4. The SMILES string of the molecule is NC(CC(=O)O)c1ccc(O[B]O)cc1.Nc1nc(Cl)cc(OC(c2ccc(-c3cccc(F)c3)cc2)C(F)(F)F)n1.Nc1nc(OC(c2ccc(-c3cccc(F)c3)cc2)C(F)(F)F)cc(-c2ccc(C(N)CC(=O)O)cc2)n1. The van der Waals surface area contributed by atoms with E-state index >= 15 is 0 Å². The van der Waals surface area contributed by atoms with Crippen LogP contribution in [0.5, 0.6) is 17.5 Å². The van der Waals surface area contributed by atoms with Crippen molar-refractivity contribution in [3.8, 4) is 51.0 Å². The summed E-state index contributed by atoms with van der Waals surface area (Å²) >= 11 is 5.67. The number of hydrogen-bond donors (Lipinski definition) is 7. The molecule has 80 heavy (non-hydrogen) atoms. The van der Waals surface area contributed by atoms with Crippen LogP contribution < -0.4 is 37.1 Å². The molecule has 0 bridgehead atoms. The fraction of sp³-hybridized carbons (Fsp3) is 0.148. The number of rotatable bonds is 17. The van der Waals surface area contributed by atoms with Gasteiger partial charge in [0.25, 0.3) is 0 Å². The van der Waals surface area contributed by atoms with Gasteiger partial charge in [-0.25, -0.2) is 18.7 Å². The fourth-order valence-corrected chi connectivity index (χ4v) is 7.60. The van der Waals surface area contributed by atoms with Crippen molar-refractivity contribution < 1.29 is 74.1 Å². The largest absolute Gasteiger partial charge is 0.569 e. The highest BCUT2D eigenvalue weighted by atomic mass is 35.5. The Bertz CT molecular complexity index is 3330.